The van der Waals surface area contributed by atoms with E-state index >= 15 is 0 Å². The van der Waals surface area contributed by atoms with Crippen molar-refractivity contribution in [1.29, 1.82) is 0 Å². The number of rotatable bonds is 5. The van der Waals surface area contributed by atoms with Crippen LogP contribution in [0.2, 0.25) is 5.02 Å². The minimum atomic E-state index is -3.87. The van der Waals surface area contributed by atoms with E-state index in [1.165, 1.54) is 6.92 Å². The summed E-state index contributed by atoms with van der Waals surface area (Å²) in [6.07, 6.45) is 0. The fourth-order valence-electron chi connectivity index (χ4n) is 4.23. The molecule has 0 saturated carbocycles. The molecule has 0 fully saturated rings. The van der Waals surface area contributed by atoms with Crippen LogP contribution in [0.4, 0.5) is 0 Å². The Morgan fingerprint density at radius 3 is 1.27 bits per heavy atom. The molecule has 0 aliphatic heterocycles. The van der Waals surface area contributed by atoms with Gasteiger partial charge in [0, 0.05) is 0 Å². The molecule has 4 aromatic carbocycles. The van der Waals surface area contributed by atoms with E-state index in [2.05, 4.69) is 36.4 Å². The summed E-state index contributed by atoms with van der Waals surface area (Å²) < 4.78 is 6.66. The summed E-state index contributed by atoms with van der Waals surface area (Å²) in [5.74, 6) is -0.334. The average Bonchev–Trinajstić information content (AvgIpc) is 2.80. The van der Waals surface area contributed by atoms with E-state index < -0.39 is 6.83 Å². The molecule has 4 aromatic rings. The quantitative estimate of drug-likeness (QED) is 0.416. The van der Waals surface area contributed by atoms with Crippen molar-refractivity contribution in [2.24, 2.45) is 0 Å². The van der Waals surface area contributed by atoms with Crippen LogP contribution in [-0.2, 0) is 9.32 Å². The van der Waals surface area contributed by atoms with Gasteiger partial charge in [-0.1, -0.05) is 0 Å². The van der Waals surface area contributed by atoms with E-state index in [1.54, 1.807) is 0 Å². The zero-order valence-electron chi connectivity index (χ0n) is 16.6. The van der Waals surface area contributed by atoms with Gasteiger partial charge in [0.25, 0.3) is 0 Å². The summed E-state index contributed by atoms with van der Waals surface area (Å²) >= 11 is 6.26. The molecular formula is C26H22ClO2P. The van der Waals surface area contributed by atoms with Crippen LogP contribution >= 0.6 is 18.4 Å². The van der Waals surface area contributed by atoms with Gasteiger partial charge in [0.15, 0.2) is 0 Å². The predicted molar refractivity (Wildman–Crippen MR) is 128 cm³/mol. The van der Waals surface area contributed by atoms with Crippen molar-refractivity contribution in [2.45, 2.75) is 6.92 Å². The Morgan fingerprint density at radius 2 is 0.933 bits per heavy atom. The first kappa shape index (κ1) is 20.3. The fourth-order valence-corrected chi connectivity index (χ4v) is 10.0. The maximum atomic E-state index is 12.8. The number of hydrogen-bond acceptors (Lipinski definition) is 2. The zero-order chi connectivity index (χ0) is 21.1. The first-order valence-corrected chi connectivity index (χ1v) is 12.3. The molecule has 0 heterocycles. The van der Waals surface area contributed by atoms with Crippen LogP contribution in [0.3, 0.4) is 0 Å². The maximum absolute atomic E-state index is 12.8. The van der Waals surface area contributed by atoms with Gasteiger partial charge in [-0.2, -0.15) is 0 Å². The van der Waals surface area contributed by atoms with Crippen molar-refractivity contribution >= 4 is 45.6 Å². The Morgan fingerprint density at radius 1 is 0.600 bits per heavy atom. The van der Waals surface area contributed by atoms with E-state index in [4.69, 9.17) is 16.1 Å². The summed E-state index contributed by atoms with van der Waals surface area (Å²) in [5.41, 5.74) is 0. The third-order valence-electron chi connectivity index (χ3n) is 5.38. The molecule has 0 saturated heterocycles. The van der Waals surface area contributed by atoms with Gasteiger partial charge in [-0.25, -0.2) is 0 Å². The van der Waals surface area contributed by atoms with Gasteiger partial charge >= 0.3 is 182 Å². The van der Waals surface area contributed by atoms with Crippen molar-refractivity contribution in [3.05, 3.63) is 120 Å². The second-order valence-corrected chi connectivity index (χ2v) is 11.9. The normalized spacial score (nSPS) is 12.5. The van der Waals surface area contributed by atoms with Gasteiger partial charge in [0.1, 0.15) is 0 Å². The van der Waals surface area contributed by atoms with Gasteiger partial charge in [-0.15, -0.1) is 0 Å². The molecule has 0 atom stereocenters. The van der Waals surface area contributed by atoms with Crippen LogP contribution in [0.15, 0.2) is 115 Å². The third kappa shape index (κ3) is 3.04. The number of carbonyl (C=O) groups is 1. The molecule has 4 rings (SSSR count). The van der Waals surface area contributed by atoms with E-state index in [1.807, 2.05) is 78.9 Å². The molecule has 30 heavy (non-hydrogen) atoms. The molecule has 0 spiro atoms. The van der Waals surface area contributed by atoms with Crippen molar-refractivity contribution in [1.82, 2.24) is 0 Å². The summed E-state index contributed by atoms with van der Waals surface area (Å²) in [4.78, 5) is 12.8. The number of hydrogen-bond donors (Lipinski definition) is 0. The first-order chi connectivity index (χ1) is 14.6. The summed E-state index contributed by atoms with van der Waals surface area (Å²) in [7, 11) is 0. The third-order valence-corrected chi connectivity index (χ3v) is 11.4. The Kier molecular flexibility index (Phi) is 5.47. The molecule has 0 radical (unpaired) electrons. The first-order valence-electron chi connectivity index (χ1n) is 9.73. The van der Waals surface area contributed by atoms with E-state index in [9.17, 15) is 4.79 Å². The second-order valence-electron chi connectivity index (χ2n) is 7.10. The Balaban J connectivity index is 2.30. The molecule has 4 heteroatoms. The molecule has 0 N–H and O–H groups in total. The molecule has 0 aromatic heterocycles. The van der Waals surface area contributed by atoms with Gasteiger partial charge in [0.2, 0.25) is 0 Å². The molecule has 0 aliphatic rings. The van der Waals surface area contributed by atoms with Crippen LogP contribution in [0.25, 0.3) is 0 Å². The van der Waals surface area contributed by atoms with Gasteiger partial charge in [-0.05, 0) is 0 Å². The monoisotopic (exact) mass is 432 g/mol. The number of carbonyl (C=O) groups excluding carboxylic acids is 1. The predicted octanol–water partition coefficient (Wildman–Crippen LogP) is 4.97. The van der Waals surface area contributed by atoms with Gasteiger partial charge in [0.05, 0.1) is 0 Å². The van der Waals surface area contributed by atoms with E-state index in [-0.39, 0.29) is 5.97 Å². The van der Waals surface area contributed by atoms with Crippen LogP contribution < -0.4 is 21.2 Å². The molecular weight excluding hydrogens is 411 g/mol. The Hall–Kier alpha value is -2.93. The molecule has 2 nitrogen and oxygen atoms in total. The Labute approximate surface area is 182 Å². The topological polar surface area (TPSA) is 26.3 Å². The summed E-state index contributed by atoms with van der Waals surface area (Å²) in [6, 6.07) is 37.8. The van der Waals surface area contributed by atoms with Crippen molar-refractivity contribution in [3.63, 3.8) is 0 Å². The van der Waals surface area contributed by atoms with E-state index in [0.29, 0.717) is 5.02 Å². The molecule has 0 unspecified atom stereocenters. The van der Waals surface area contributed by atoms with E-state index in [0.717, 1.165) is 21.2 Å². The Bertz CT molecular complexity index is 1040. The zero-order valence-corrected chi connectivity index (χ0v) is 18.3. The second kappa shape index (κ2) is 8.07. The summed E-state index contributed by atoms with van der Waals surface area (Å²) in [5, 5.41) is 4.42. The van der Waals surface area contributed by atoms with Crippen LogP contribution in [0, 0.1) is 0 Å². The van der Waals surface area contributed by atoms with Gasteiger partial charge < -0.3 is 0 Å². The fraction of sp³-hybridized carbons (Fsp3) is 0.0385. The minimum absolute atomic E-state index is 0.334. The summed E-state index contributed by atoms with van der Waals surface area (Å²) in [6.45, 7) is -2.39. The molecule has 0 amide bonds. The SMILES string of the molecule is CC(=O)OP(c1ccccc1)(c1ccccc1)(c1ccccc1)c1ccc(Cl)cc1. The molecule has 0 bridgehead atoms. The van der Waals surface area contributed by atoms with Crippen molar-refractivity contribution in [3.8, 4) is 0 Å². The van der Waals surface area contributed by atoms with Crippen LogP contribution in [-0.4, -0.2) is 5.97 Å². The van der Waals surface area contributed by atoms with Crippen LogP contribution in [0.5, 0.6) is 0 Å². The van der Waals surface area contributed by atoms with Crippen LogP contribution in [0.1, 0.15) is 6.92 Å². The average molecular weight is 433 g/mol. The molecule has 0 aliphatic carbocycles. The number of benzene rings is 4. The van der Waals surface area contributed by atoms with Crippen molar-refractivity contribution in [2.75, 3.05) is 0 Å². The number of halogens is 1. The molecule has 150 valence electrons. The van der Waals surface area contributed by atoms with Crippen molar-refractivity contribution < 1.29 is 9.32 Å². The van der Waals surface area contributed by atoms with Gasteiger partial charge in [-0.3, -0.25) is 0 Å². The standard InChI is InChI=1S/C26H22ClO2P/c1-21(28)29-30(23-11-5-2-6-12-23,24-13-7-3-8-14-24,25-15-9-4-10-16-25)26-19-17-22(27)18-20-26/h2-20H,1H3.